The second-order valence-corrected chi connectivity index (χ2v) is 9.22. The number of primary amides is 1. The Hall–Kier alpha value is -3.91. The molecule has 11 heteroatoms. The third-order valence-corrected chi connectivity index (χ3v) is 6.44. The van der Waals surface area contributed by atoms with Gasteiger partial charge >= 0.3 is 6.18 Å². The molecular weight excluding hydrogens is 502 g/mol. The Morgan fingerprint density at radius 2 is 2.00 bits per heavy atom. The van der Waals surface area contributed by atoms with E-state index in [1.54, 1.807) is 30.3 Å². The Bertz CT molecular complexity index is 1380. The summed E-state index contributed by atoms with van der Waals surface area (Å²) < 4.78 is 61.4. The number of carbonyl (C=O) groups is 1. The minimum atomic E-state index is -4.46. The molecule has 1 amide bonds. The molecule has 4 N–H and O–H groups in total. The molecule has 2 atom stereocenters. The zero-order valence-corrected chi connectivity index (χ0v) is 21.0. The van der Waals surface area contributed by atoms with Crippen molar-refractivity contribution in [3.63, 3.8) is 0 Å². The molecule has 1 aliphatic heterocycles. The lowest BCUT2D eigenvalue weighted by Gasteiger charge is -2.33. The number of carbonyl (C=O) groups excluding carboxylic acids is 1. The summed E-state index contributed by atoms with van der Waals surface area (Å²) in [4.78, 5) is 13.3. The van der Waals surface area contributed by atoms with Crippen LogP contribution in [-0.4, -0.2) is 67.6 Å². The van der Waals surface area contributed by atoms with Crippen molar-refractivity contribution in [2.75, 3.05) is 44.4 Å². The number of nitrogens with one attached hydrogen (secondary N) is 2. The quantitative estimate of drug-likeness (QED) is 0.314. The molecule has 0 radical (unpaired) electrons. The maximum atomic E-state index is 14.6. The molecule has 0 unspecified atom stereocenters. The lowest BCUT2D eigenvalue weighted by atomic mass is 10.0. The number of piperidine rings is 1. The number of aromatic nitrogens is 1. The van der Waals surface area contributed by atoms with Gasteiger partial charge in [-0.3, -0.25) is 4.79 Å². The molecule has 4 rings (SSSR count). The van der Waals surface area contributed by atoms with Gasteiger partial charge in [-0.15, -0.1) is 0 Å². The molecule has 7 nitrogen and oxygen atoms in total. The molecule has 202 valence electrons. The first-order chi connectivity index (χ1) is 18.1. The van der Waals surface area contributed by atoms with Gasteiger partial charge in [0.2, 0.25) is 5.91 Å². The lowest BCUT2D eigenvalue weighted by molar-refractivity contribution is -0.140. The minimum Gasteiger partial charge on any atom is -0.495 e. The zero-order chi connectivity index (χ0) is 27.4. The molecule has 1 aromatic heterocycles. The Morgan fingerprint density at radius 1 is 1.21 bits per heavy atom. The van der Waals surface area contributed by atoms with Crippen LogP contribution in [0.5, 0.6) is 5.75 Å². The molecule has 1 aliphatic rings. The number of alkyl halides is 4. The standard InChI is InChI=1S/C27H29F4N5O2/c1-35-12-10-22(20(28)15-35)34-21-6-3-7-24-19(21)14-18(36(24)16-27(29,30)31)5-4-11-33-23-9-8-17(26(32)37)13-25(23)38-2/h3,6-9,13-14,20,22,33-34H,10-12,15-16H2,1-2H3,(H2,32,37)/t20-,22-/m0/s1. The number of amides is 1. The van der Waals surface area contributed by atoms with E-state index in [1.165, 1.54) is 19.2 Å². The van der Waals surface area contributed by atoms with Crippen molar-refractivity contribution in [1.82, 2.24) is 9.47 Å². The van der Waals surface area contributed by atoms with Crippen LogP contribution in [0, 0.1) is 11.8 Å². The van der Waals surface area contributed by atoms with Crippen LogP contribution in [-0.2, 0) is 6.54 Å². The molecule has 3 aromatic rings. The number of rotatable bonds is 7. The topological polar surface area (TPSA) is 84.5 Å². The highest BCUT2D eigenvalue weighted by atomic mass is 19.4. The van der Waals surface area contributed by atoms with Gasteiger partial charge in [0, 0.05) is 29.7 Å². The Balaban J connectivity index is 1.60. The van der Waals surface area contributed by atoms with Gasteiger partial charge in [0.15, 0.2) is 0 Å². The summed E-state index contributed by atoms with van der Waals surface area (Å²) in [5.41, 5.74) is 7.23. The molecule has 0 saturated carbocycles. The van der Waals surface area contributed by atoms with E-state index in [9.17, 15) is 22.4 Å². The van der Waals surface area contributed by atoms with Gasteiger partial charge in [-0.2, -0.15) is 13.2 Å². The van der Waals surface area contributed by atoms with E-state index in [-0.39, 0.29) is 17.8 Å². The number of methoxy groups -OCH3 is 1. The summed E-state index contributed by atoms with van der Waals surface area (Å²) in [5.74, 6) is 5.47. The van der Waals surface area contributed by atoms with Crippen molar-refractivity contribution in [3.8, 4) is 17.6 Å². The van der Waals surface area contributed by atoms with Crippen LogP contribution in [0.1, 0.15) is 22.5 Å². The Labute approximate surface area is 217 Å². The van der Waals surface area contributed by atoms with Crippen molar-refractivity contribution in [1.29, 1.82) is 0 Å². The lowest BCUT2D eigenvalue weighted by Crippen LogP contribution is -2.46. The minimum absolute atomic E-state index is 0.101. The van der Waals surface area contributed by atoms with Crippen molar-refractivity contribution in [3.05, 3.63) is 53.7 Å². The van der Waals surface area contributed by atoms with Crippen molar-refractivity contribution < 1.29 is 27.1 Å². The highest BCUT2D eigenvalue weighted by molar-refractivity contribution is 5.94. The SMILES string of the molecule is COc1cc(C(N)=O)ccc1NCC#Cc1cc2c(N[C@H]3CCN(C)C[C@@H]3F)cccc2n1CC(F)(F)F. The van der Waals surface area contributed by atoms with E-state index in [4.69, 9.17) is 10.5 Å². The van der Waals surface area contributed by atoms with E-state index in [1.807, 2.05) is 11.9 Å². The van der Waals surface area contributed by atoms with Crippen molar-refractivity contribution >= 4 is 28.2 Å². The van der Waals surface area contributed by atoms with Crippen molar-refractivity contribution in [2.45, 2.75) is 31.4 Å². The van der Waals surface area contributed by atoms with Gasteiger partial charge in [-0.05, 0) is 55.8 Å². The number of hydrogen-bond acceptors (Lipinski definition) is 5. The second-order valence-electron chi connectivity index (χ2n) is 9.22. The molecule has 2 aromatic carbocycles. The van der Waals surface area contributed by atoms with Gasteiger partial charge in [0.25, 0.3) is 0 Å². The number of halogens is 4. The highest BCUT2D eigenvalue weighted by Crippen LogP contribution is 2.31. The monoisotopic (exact) mass is 531 g/mol. The predicted octanol–water partition coefficient (Wildman–Crippen LogP) is 4.23. The number of fused-ring (bicyclic) bond motifs is 1. The fourth-order valence-corrected chi connectivity index (χ4v) is 4.55. The summed E-state index contributed by atoms with van der Waals surface area (Å²) in [5, 5.41) is 6.79. The molecule has 0 bridgehead atoms. The molecule has 0 aliphatic carbocycles. The van der Waals surface area contributed by atoms with E-state index in [2.05, 4.69) is 22.5 Å². The van der Waals surface area contributed by atoms with Crippen LogP contribution in [0.3, 0.4) is 0 Å². The molecule has 1 fully saturated rings. The summed E-state index contributed by atoms with van der Waals surface area (Å²) in [6.07, 6.45) is -4.97. The molecule has 0 spiro atoms. The summed E-state index contributed by atoms with van der Waals surface area (Å²) >= 11 is 0. The summed E-state index contributed by atoms with van der Waals surface area (Å²) in [6.45, 7) is -0.0881. The summed E-state index contributed by atoms with van der Waals surface area (Å²) in [6, 6.07) is 10.8. The Morgan fingerprint density at radius 3 is 2.68 bits per heavy atom. The largest absolute Gasteiger partial charge is 0.495 e. The van der Waals surface area contributed by atoms with E-state index >= 15 is 0 Å². The highest BCUT2D eigenvalue weighted by Gasteiger charge is 2.31. The first-order valence-corrected chi connectivity index (χ1v) is 12.0. The number of ether oxygens (including phenoxy) is 1. The fourth-order valence-electron chi connectivity index (χ4n) is 4.55. The average molecular weight is 532 g/mol. The van der Waals surface area contributed by atoms with Crippen LogP contribution in [0.4, 0.5) is 28.9 Å². The molecular formula is C27H29F4N5O2. The fraction of sp³-hybridized carbons (Fsp3) is 0.370. The third kappa shape index (κ3) is 6.31. The van der Waals surface area contributed by atoms with E-state index in [0.29, 0.717) is 41.0 Å². The normalized spacial score (nSPS) is 18.1. The molecule has 2 heterocycles. The maximum absolute atomic E-state index is 14.6. The predicted molar refractivity (Wildman–Crippen MR) is 139 cm³/mol. The van der Waals surface area contributed by atoms with Crippen LogP contribution >= 0.6 is 0 Å². The first-order valence-electron chi connectivity index (χ1n) is 12.0. The van der Waals surface area contributed by atoms with Gasteiger partial charge in [-0.1, -0.05) is 12.0 Å². The number of likely N-dealkylation sites (tertiary alicyclic amines) is 1. The number of hydrogen-bond donors (Lipinski definition) is 3. The molecule has 38 heavy (non-hydrogen) atoms. The first kappa shape index (κ1) is 27.1. The second kappa shape index (κ2) is 11.2. The van der Waals surface area contributed by atoms with Gasteiger partial charge < -0.3 is 30.6 Å². The summed E-state index contributed by atoms with van der Waals surface area (Å²) in [7, 11) is 3.29. The van der Waals surface area contributed by atoms with E-state index in [0.717, 1.165) is 11.1 Å². The van der Waals surface area contributed by atoms with Crippen LogP contribution in [0.2, 0.25) is 0 Å². The maximum Gasteiger partial charge on any atom is 0.406 e. The number of nitrogens with two attached hydrogens (primary N) is 1. The van der Waals surface area contributed by atoms with Crippen LogP contribution in [0.15, 0.2) is 42.5 Å². The van der Waals surface area contributed by atoms with Gasteiger partial charge in [0.1, 0.15) is 18.5 Å². The van der Waals surface area contributed by atoms with Gasteiger partial charge in [-0.25, -0.2) is 4.39 Å². The van der Waals surface area contributed by atoms with Gasteiger partial charge in [0.05, 0.1) is 36.6 Å². The van der Waals surface area contributed by atoms with Crippen LogP contribution < -0.4 is 21.1 Å². The average Bonchev–Trinajstić information content (AvgIpc) is 3.20. The molecule has 1 saturated heterocycles. The number of nitrogens with zero attached hydrogens (tertiary/aromatic N) is 2. The Kier molecular flexibility index (Phi) is 8.02. The van der Waals surface area contributed by atoms with Crippen molar-refractivity contribution in [2.24, 2.45) is 5.73 Å². The zero-order valence-electron chi connectivity index (χ0n) is 21.0. The number of benzene rings is 2. The number of anilines is 2. The third-order valence-electron chi connectivity index (χ3n) is 6.44. The van der Waals surface area contributed by atoms with E-state index < -0.39 is 30.8 Å². The van der Waals surface area contributed by atoms with Crippen LogP contribution in [0.25, 0.3) is 10.9 Å². The smallest absolute Gasteiger partial charge is 0.406 e.